The van der Waals surface area contributed by atoms with Crippen LogP contribution in [0.5, 0.6) is 0 Å². The van der Waals surface area contributed by atoms with Crippen molar-refractivity contribution in [1.29, 1.82) is 0 Å². The number of aliphatic imine (C=N–C) groups is 1. The quantitative estimate of drug-likeness (QED) is 0.852. The fraction of sp³-hybridized carbons (Fsp3) is 0.273. The van der Waals surface area contributed by atoms with E-state index in [0.717, 1.165) is 10.6 Å². The van der Waals surface area contributed by atoms with Gasteiger partial charge in [-0.15, -0.1) is 11.8 Å². The molecule has 1 aliphatic heterocycles. The zero-order chi connectivity index (χ0) is 12.1. The molecule has 0 unspecified atom stereocenters. The number of thioether (sulfide) groups is 1. The third-order valence-electron chi connectivity index (χ3n) is 1.99. The number of hydrogen-bond donors (Lipinski definition) is 1. The highest BCUT2D eigenvalue weighted by Gasteiger charge is 2.18. The van der Waals surface area contributed by atoms with Crippen molar-refractivity contribution in [1.82, 2.24) is 5.32 Å². The molecule has 0 bridgehead atoms. The SMILES string of the molecule is C/C=C1/C=C(Br)C(=O)N/C1=N/C(=C\C)SC. The van der Waals surface area contributed by atoms with Crippen LogP contribution in [0.15, 0.2) is 38.3 Å². The minimum Gasteiger partial charge on any atom is -0.306 e. The summed E-state index contributed by atoms with van der Waals surface area (Å²) < 4.78 is 0.519. The summed E-state index contributed by atoms with van der Waals surface area (Å²) in [6.45, 7) is 3.83. The van der Waals surface area contributed by atoms with E-state index in [4.69, 9.17) is 0 Å². The molecule has 1 rings (SSSR count). The van der Waals surface area contributed by atoms with E-state index in [1.807, 2.05) is 32.3 Å². The van der Waals surface area contributed by atoms with Crippen molar-refractivity contribution in [2.24, 2.45) is 4.99 Å². The highest BCUT2D eigenvalue weighted by Crippen LogP contribution is 2.19. The van der Waals surface area contributed by atoms with Crippen LogP contribution in [0.4, 0.5) is 0 Å². The summed E-state index contributed by atoms with van der Waals surface area (Å²) in [5.74, 6) is 0.430. The lowest BCUT2D eigenvalue weighted by molar-refractivity contribution is -0.115. The molecule has 0 aliphatic carbocycles. The first-order valence-electron chi connectivity index (χ1n) is 4.76. The molecule has 1 N–H and O–H groups in total. The largest absolute Gasteiger partial charge is 0.306 e. The van der Waals surface area contributed by atoms with E-state index in [1.54, 1.807) is 17.8 Å². The lowest BCUT2D eigenvalue weighted by Gasteiger charge is -2.15. The second kappa shape index (κ2) is 6.06. The lowest BCUT2D eigenvalue weighted by Crippen LogP contribution is -2.35. The molecule has 1 heterocycles. The van der Waals surface area contributed by atoms with Crippen LogP contribution in [0.25, 0.3) is 0 Å². The Labute approximate surface area is 108 Å². The molecule has 3 nitrogen and oxygen atoms in total. The van der Waals surface area contributed by atoms with Gasteiger partial charge in [0.2, 0.25) is 0 Å². The van der Waals surface area contributed by atoms with Crippen LogP contribution in [0.1, 0.15) is 13.8 Å². The van der Waals surface area contributed by atoms with Gasteiger partial charge in [-0.2, -0.15) is 0 Å². The molecule has 0 spiro atoms. The Kier molecular flexibility index (Phi) is 5.02. The van der Waals surface area contributed by atoms with Crippen LogP contribution in [0.3, 0.4) is 0 Å². The van der Waals surface area contributed by atoms with Gasteiger partial charge >= 0.3 is 0 Å². The number of nitrogens with one attached hydrogen (secondary N) is 1. The predicted octanol–water partition coefficient (Wildman–Crippen LogP) is 2.96. The second-order valence-electron chi connectivity index (χ2n) is 2.98. The minimum atomic E-state index is -0.166. The maximum absolute atomic E-state index is 11.5. The van der Waals surface area contributed by atoms with E-state index in [9.17, 15) is 4.79 Å². The molecule has 0 atom stereocenters. The molecule has 1 aliphatic rings. The molecule has 0 aromatic carbocycles. The second-order valence-corrected chi connectivity index (χ2v) is 4.66. The Bertz CT molecular complexity index is 422. The molecular formula is C11H13BrN2OS. The van der Waals surface area contributed by atoms with Crippen LogP contribution in [-0.2, 0) is 4.79 Å². The Morgan fingerprint density at radius 3 is 2.75 bits per heavy atom. The number of carbonyl (C=O) groups excluding carboxylic acids is 1. The number of halogens is 1. The zero-order valence-corrected chi connectivity index (χ0v) is 11.8. The molecule has 0 saturated heterocycles. The van der Waals surface area contributed by atoms with Gasteiger partial charge in [0.05, 0.1) is 9.51 Å². The molecule has 0 aromatic heterocycles. The summed E-state index contributed by atoms with van der Waals surface area (Å²) >= 11 is 4.74. The Morgan fingerprint density at radius 1 is 1.56 bits per heavy atom. The smallest absolute Gasteiger partial charge is 0.263 e. The van der Waals surface area contributed by atoms with Crippen molar-refractivity contribution in [3.05, 3.63) is 33.3 Å². The van der Waals surface area contributed by atoms with Gasteiger partial charge in [0.15, 0.2) is 0 Å². The van der Waals surface area contributed by atoms with E-state index >= 15 is 0 Å². The molecular weight excluding hydrogens is 288 g/mol. The predicted molar refractivity (Wildman–Crippen MR) is 73.6 cm³/mol. The number of nitrogens with zero attached hydrogens (tertiary/aromatic N) is 1. The first-order chi connectivity index (χ1) is 7.62. The van der Waals surface area contributed by atoms with Gasteiger partial charge in [0.25, 0.3) is 5.91 Å². The Balaban J connectivity index is 3.11. The van der Waals surface area contributed by atoms with Gasteiger partial charge in [-0.1, -0.05) is 12.2 Å². The van der Waals surface area contributed by atoms with E-state index in [2.05, 4.69) is 26.2 Å². The minimum absolute atomic E-state index is 0.166. The highest BCUT2D eigenvalue weighted by atomic mass is 79.9. The number of allylic oxidation sites excluding steroid dienone is 2. The number of hydrogen-bond acceptors (Lipinski definition) is 3. The van der Waals surface area contributed by atoms with Crippen LogP contribution in [0.2, 0.25) is 0 Å². The summed E-state index contributed by atoms with van der Waals surface area (Å²) in [6.07, 6.45) is 7.54. The van der Waals surface area contributed by atoms with Crippen LogP contribution < -0.4 is 5.32 Å². The normalized spacial score (nSPS) is 22.4. The molecule has 0 fully saturated rings. The van der Waals surface area contributed by atoms with Gasteiger partial charge in [0.1, 0.15) is 5.84 Å². The summed E-state index contributed by atoms with van der Waals surface area (Å²) in [6, 6.07) is 0. The van der Waals surface area contributed by atoms with Crippen molar-refractivity contribution < 1.29 is 4.79 Å². The monoisotopic (exact) mass is 300 g/mol. The van der Waals surface area contributed by atoms with Crippen molar-refractivity contribution in [2.45, 2.75) is 13.8 Å². The first kappa shape index (κ1) is 13.3. The van der Waals surface area contributed by atoms with Crippen LogP contribution in [-0.4, -0.2) is 18.0 Å². The maximum Gasteiger partial charge on any atom is 0.263 e. The molecule has 5 heteroatoms. The van der Waals surface area contributed by atoms with Gasteiger partial charge < -0.3 is 5.32 Å². The van der Waals surface area contributed by atoms with Crippen molar-refractivity contribution in [2.75, 3.05) is 6.26 Å². The summed E-state index contributed by atoms with van der Waals surface area (Å²) in [5.41, 5.74) is 0.903. The first-order valence-corrected chi connectivity index (χ1v) is 6.78. The van der Waals surface area contributed by atoms with E-state index in [-0.39, 0.29) is 5.91 Å². The van der Waals surface area contributed by atoms with Gasteiger partial charge in [-0.05, 0) is 42.1 Å². The van der Waals surface area contributed by atoms with Crippen LogP contribution in [0, 0.1) is 0 Å². The highest BCUT2D eigenvalue weighted by molar-refractivity contribution is 9.12. The van der Waals surface area contributed by atoms with E-state index in [1.165, 1.54) is 0 Å². The van der Waals surface area contributed by atoms with E-state index in [0.29, 0.717) is 10.3 Å². The third kappa shape index (κ3) is 3.09. The van der Waals surface area contributed by atoms with Crippen LogP contribution >= 0.6 is 27.7 Å². The van der Waals surface area contributed by atoms with Gasteiger partial charge in [-0.25, -0.2) is 4.99 Å². The van der Waals surface area contributed by atoms with Crippen molar-refractivity contribution in [3.8, 4) is 0 Å². The Morgan fingerprint density at radius 2 is 2.25 bits per heavy atom. The molecule has 1 amide bonds. The molecule has 0 saturated carbocycles. The Hall–Kier alpha value is -0.810. The topological polar surface area (TPSA) is 41.5 Å². The number of amides is 1. The third-order valence-corrected chi connectivity index (χ3v) is 3.33. The standard InChI is InChI=1S/C11H13BrN2OS/c1-4-7-6-8(12)11(15)14-10(7)13-9(5-2)16-3/h4-6H,1-3H3,(H,13,14,15)/b7-4-,9-5+. The van der Waals surface area contributed by atoms with Crippen molar-refractivity contribution >= 4 is 39.4 Å². The fourth-order valence-electron chi connectivity index (χ4n) is 1.16. The lowest BCUT2D eigenvalue weighted by atomic mass is 10.1. The number of rotatable bonds is 2. The summed E-state index contributed by atoms with van der Waals surface area (Å²) in [5, 5.41) is 3.62. The van der Waals surface area contributed by atoms with Gasteiger partial charge in [-0.3, -0.25) is 4.79 Å². The zero-order valence-electron chi connectivity index (χ0n) is 9.37. The fourth-order valence-corrected chi connectivity index (χ4v) is 1.92. The average Bonchev–Trinajstić information content (AvgIpc) is 2.29. The summed E-state index contributed by atoms with van der Waals surface area (Å²) in [4.78, 5) is 15.8. The molecule has 86 valence electrons. The molecule has 0 aromatic rings. The maximum atomic E-state index is 11.5. The van der Waals surface area contributed by atoms with Gasteiger partial charge in [0, 0.05) is 5.57 Å². The van der Waals surface area contributed by atoms with Crippen molar-refractivity contribution in [3.63, 3.8) is 0 Å². The molecule has 0 radical (unpaired) electrons. The van der Waals surface area contributed by atoms with E-state index < -0.39 is 0 Å². The number of carbonyl (C=O) groups is 1. The summed E-state index contributed by atoms with van der Waals surface area (Å²) in [7, 11) is 0. The average molecular weight is 301 g/mol. The number of amidine groups is 1. The molecule has 16 heavy (non-hydrogen) atoms.